The van der Waals surface area contributed by atoms with Crippen LogP contribution in [0.3, 0.4) is 0 Å². The molecular formula is C22H21IO4. The third-order valence-electron chi connectivity index (χ3n) is 4.72. The Morgan fingerprint density at radius 3 is 1.78 bits per heavy atom. The highest BCUT2D eigenvalue weighted by Crippen LogP contribution is 2.43. The molecule has 0 radical (unpaired) electrons. The number of hydrogen-bond acceptors (Lipinski definition) is 4. The summed E-state index contributed by atoms with van der Waals surface area (Å²) in [5, 5.41) is 0. The Hall–Kier alpha value is -2.15. The minimum absolute atomic E-state index is 0.141. The molecule has 0 aliphatic heterocycles. The van der Waals surface area contributed by atoms with Crippen molar-refractivity contribution in [3.8, 4) is 0 Å². The molecule has 0 fully saturated rings. The largest absolute Gasteiger partial charge is 0.460 e. The second-order valence-corrected chi connectivity index (χ2v) is 7.19. The topological polar surface area (TPSA) is 52.6 Å². The van der Waals surface area contributed by atoms with Gasteiger partial charge < -0.3 is 9.47 Å². The summed E-state index contributed by atoms with van der Waals surface area (Å²) < 4.78 is 11.7. The molecule has 0 unspecified atom stereocenters. The molecule has 0 bridgehead atoms. The van der Waals surface area contributed by atoms with Crippen LogP contribution in [0.4, 0.5) is 0 Å². The maximum Gasteiger partial charge on any atom is 0.328 e. The predicted molar refractivity (Wildman–Crippen MR) is 111 cm³/mol. The lowest BCUT2D eigenvalue weighted by molar-refractivity contribution is -0.171. The van der Waals surface area contributed by atoms with Crippen molar-refractivity contribution in [2.45, 2.75) is 26.1 Å². The van der Waals surface area contributed by atoms with E-state index in [0.717, 1.165) is 16.7 Å². The Bertz CT molecular complexity index is 759. The van der Waals surface area contributed by atoms with Crippen molar-refractivity contribution in [2.75, 3.05) is 4.43 Å². The monoisotopic (exact) mass is 476 g/mol. The summed E-state index contributed by atoms with van der Waals surface area (Å²) >= 11 is 2.18. The van der Waals surface area contributed by atoms with E-state index >= 15 is 0 Å². The van der Waals surface area contributed by atoms with Gasteiger partial charge in [0.1, 0.15) is 13.2 Å². The molecule has 27 heavy (non-hydrogen) atoms. The lowest BCUT2D eigenvalue weighted by Crippen LogP contribution is -2.42. The van der Waals surface area contributed by atoms with Gasteiger partial charge in [-0.3, -0.25) is 9.59 Å². The number of esters is 2. The molecule has 3 rings (SSSR count). The zero-order valence-corrected chi connectivity index (χ0v) is 17.1. The van der Waals surface area contributed by atoms with Gasteiger partial charge in [-0.25, -0.2) is 0 Å². The predicted octanol–water partition coefficient (Wildman–Crippen LogP) is 4.61. The highest BCUT2D eigenvalue weighted by molar-refractivity contribution is 14.1. The molecule has 2 aromatic rings. The zero-order valence-electron chi connectivity index (χ0n) is 14.9. The third-order valence-corrected chi connectivity index (χ3v) is 5.55. The summed E-state index contributed by atoms with van der Waals surface area (Å²) in [6.45, 7) is 0.282. The molecule has 0 N–H and O–H groups in total. The fourth-order valence-corrected chi connectivity index (χ4v) is 4.17. The van der Waals surface area contributed by atoms with Crippen LogP contribution in [0.25, 0.3) is 0 Å². The van der Waals surface area contributed by atoms with Crippen molar-refractivity contribution >= 4 is 34.5 Å². The number of hydrogen-bond donors (Lipinski definition) is 0. The molecule has 0 spiro atoms. The van der Waals surface area contributed by atoms with Crippen molar-refractivity contribution in [1.82, 2.24) is 0 Å². The molecule has 0 saturated carbocycles. The summed E-state index contributed by atoms with van der Waals surface area (Å²) in [4.78, 5) is 26.0. The maximum absolute atomic E-state index is 13.0. The standard InChI is InChI=1S/C22H21IO4/c23-14-19-12-7-13-22(19,20(24)26-15-17-8-3-1-4-9-17)21(25)27-16-18-10-5-2-6-11-18/h1-6,8-12H,7,13-16H2. The summed E-state index contributed by atoms with van der Waals surface area (Å²) in [7, 11) is 0. The second kappa shape index (κ2) is 9.17. The number of carbonyl (C=O) groups is 2. The first-order chi connectivity index (χ1) is 13.2. The Morgan fingerprint density at radius 2 is 1.33 bits per heavy atom. The van der Waals surface area contributed by atoms with Gasteiger partial charge in [0.15, 0.2) is 5.41 Å². The van der Waals surface area contributed by atoms with Crippen LogP contribution in [-0.4, -0.2) is 16.4 Å². The van der Waals surface area contributed by atoms with Crippen LogP contribution in [0.15, 0.2) is 72.3 Å². The molecule has 0 aromatic heterocycles. The van der Waals surface area contributed by atoms with E-state index < -0.39 is 17.4 Å². The minimum Gasteiger partial charge on any atom is -0.460 e. The zero-order chi connectivity index (χ0) is 19.1. The number of alkyl halides is 1. The van der Waals surface area contributed by atoms with Crippen molar-refractivity contribution in [2.24, 2.45) is 5.41 Å². The van der Waals surface area contributed by atoms with Gasteiger partial charge in [-0.15, -0.1) is 0 Å². The smallest absolute Gasteiger partial charge is 0.328 e. The van der Waals surface area contributed by atoms with Crippen LogP contribution in [0.5, 0.6) is 0 Å². The summed E-state index contributed by atoms with van der Waals surface area (Å²) in [5.74, 6) is -1.05. The quantitative estimate of drug-likeness (QED) is 0.193. The summed E-state index contributed by atoms with van der Waals surface area (Å²) in [5.41, 5.74) is 1.22. The van der Waals surface area contributed by atoms with Crippen LogP contribution < -0.4 is 0 Å². The van der Waals surface area contributed by atoms with Gasteiger partial charge in [-0.1, -0.05) is 89.3 Å². The second-order valence-electron chi connectivity index (χ2n) is 6.43. The number of rotatable bonds is 7. The van der Waals surface area contributed by atoms with Gasteiger partial charge in [-0.2, -0.15) is 0 Å². The van der Waals surface area contributed by atoms with Gasteiger partial charge in [0.05, 0.1) is 0 Å². The minimum atomic E-state index is -1.33. The number of carbonyl (C=O) groups excluding carboxylic acids is 2. The molecular weight excluding hydrogens is 455 g/mol. The van der Waals surface area contributed by atoms with Gasteiger partial charge >= 0.3 is 11.9 Å². The van der Waals surface area contributed by atoms with Crippen molar-refractivity contribution in [1.29, 1.82) is 0 Å². The average molecular weight is 476 g/mol. The molecule has 0 heterocycles. The molecule has 4 nitrogen and oxygen atoms in total. The molecule has 1 aliphatic carbocycles. The molecule has 0 atom stereocenters. The van der Waals surface area contributed by atoms with Crippen molar-refractivity contribution in [3.05, 3.63) is 83.4 Å². The molecule has 1 aliphatic rings. The van der Waals surface area contributed by atoms with Gasteiger partial charge in [-0.05, 0) is 29.5 Å². The number of ether oxygens (including phenoxy) is 2. The number of allylic oxidation sites excluding steroid dienone is 1. The van der Waals surface area contributed by atoms with Gasteiger partial charge in [0.25, 0.3) is 0 Å². The molecule has 0 amide bonds. The average Bonchev–Trinajstić information content (AvgIpc) is 3.17. The molecule has 0 saturated heterocycles. The van der Waals surface area contributed by atoms with E-state index in [-0.39, 0.29) is 13.2 Å². The fourth-order valence-electron chi connectivity index (χ4n) is 3.21. The van der Waals surface area contributed by atoms with Gasteiger partial charge in [0.2, 0.25) is 0 Å². The van der Waals surface area contributed by atoms with Crippen LogP contribution >= 0.6 is 22.6 Å². The van der Waals surface area contributed by atoms with Gasteiger partial charge in [0, 0.05) is 4.43 Å². The highest BCUT2D eigenvalue weighted by Gasteiger charge is 2.53. The first-order valence-electron chi connectivity index (χ1n) is 8.84. The van der Waals surface area contributed by atoms with Crippen LogP contribution in [0, 0.1) is 5.41 Å². The van der Waals surface area contributed by atoms with Crippen LogP contribution in [0.2, 0.25) is 0 Å². The van der Waals surface area contributed by atoms with E-state index in [4.69, 9.17) is 9.47 Å². The molecule has 5 heteroatoms. The number of benzene rings is 2. The third kappa shape index (κ3) is 4.40. The first-order valence-corrected chi connectivity index (χ1v) is 10.4. The normalized spacial score (nSPS) is 15.1. The Kier molecular flexibility index (Phi) is 6.66. The summed E-state index contributed by atoms with van der Waals surface area (Å²) in [6.07, 6.45) is 3.02. The van der Waals surface area contributed by atoms with E-state index in [0.29, 0.717) is 17.3 Å². The lowest BCUT2D eigenvalue weighted by Gasteiger charge is -2.27. The fraction of sp³-hybridized carbons (Fsp3) is 0.273. The van der Waals surface area contributed by atoms with E-state index in [2.05, 4.69) is 22.6 Å². The van der Waals surface area contributed by atoms with Crippen LogP contribution in [-0.2, 0) is 32.3 Å². The van der Waals surface area contributed by atoms with E-state index in [1.165, 1.54) is 0 Å². The Balaban J connectivity index is 1.74. The van der Waals surface area contributed by atoms with E-state index in [1.807, 2.05) is 66.7 Å². The SMILES string of the molecule is O=C(OCc1ccccc1)C1(C(=O)OCc2ccccc2)CCC=C1CI. The Morgan fingerprint density at radius 1 is 0.852 bits per heavy atom. The van der Waals surface area contributed by atoms with E-state index in [1.54, 1.807) is 0 Å². The van der Waals surface area contributed by atoms with Crippen molar-refractivity contribution in [3.63, 3.8) is 0 Å². The number of halogens is 1. The summed E-state index contributed by atoms with van der Waals surface area (Å²) in [6, 6.07) is 18.9. The first kappa shape index (κ1) is 19.6. The van der Waals surface area contributed by atoms with E-state index in [9.17, 15) is 9.59 Å². The van der Waals surface area contributed by atoms with Crippen molar-refractivity contribution < 1.29 is 19.1 Å². The highest BCUT2D eigenvalue weighted by atomic mass is 127. The maximum atomic E-state index is 13.0. The molecule has 2 aromatic carbocycles. The molecule has 140 valence electrons. The van der Waals surface area contributed by atoms with Crippen LogP contribution in [0.1, 0.15) is 24.0 Å². The lowest BCUT2D eigenvalue weighted by atomic mass is 9.81. The Labute approximate surface area is 172 Å².